The zero-order valence-corrected chi connectivity index (χ0v) is 11.5. The molecular formula is C13H29NO. The minimum atomic E-state index is -0.417. The first-order chi connectivity index (χ1) is 6.49. The summed E-state index contributed by atoms with van der Waals surface area (Å²) in [5.74, 6) is 0. The number of hydrogen-bond acceptors (Lipinski definition) is 2. The molecule has 0 aromatic heterocycles. The third kappa shape index (κ3) is 10.2. The number of aliphatic hydroxyl groups excluding tert-OH is 1. The maximum Gasteiger partial charge on any atom is 0.102 e. The van der Waals surface area contributed by atoms with E-state index in [1.807, 2.05) is 0 Å². The van der Waals surface area contributed by atoms with Crippen LogP contribution in [0.15, 0.2) is 0 Å². The van der Waals surface area contributed by atoms with Gasteiger partial charge in [0.2, 0.25) is 0 Å². The first kappa shape index (κ1) is 14.9. The van der Waals surface area contributed by atoms with Gasteiger partial charge in [-0.25, -0.2) is 0 Å². The lowest BCUT2D eigenvalue weighted by Crippen LogP contribution is -2.41. The summed E-state index contributed by atoms with van der Waals surface area (Å²) in [5, 5.41) is 12.7. The van der Waals surface area contributed by atoms with Gasteiger partial charge in [-0.05, 0) is 30.6 Å². The molecule has 0 spiro atoms. The molecule has 0 fully saturated rings. The molecule has 0 saturated heterocycles. The molecule has 0 unspecified atom stereocenters. The first-order valence-electron chi connectivity index (χ1n) is 5.94. The molecule has 2 N–H and O–H groups in total. The molecule has 15 heavy (non-hydrogen) atoms. The van der Waals surface area contributed by atoms with Gasteiger partial charge in [-0.1, -0.05) is 41.5 Å². The van der Waals surface area contributed by atoms with Crippen molar-refractivity contribution in [3.8, 4) is 0 Å². The predicted octanol–water partition coefficient (Wildman–Crippen LogP) is 3.16. The van der Waals surface area contributed by atoms with Crippen LogP contribution in [0.4, 0.5) is 0 Å². The number of hydrogen-bond donors (Lipinski definition) is 2. The molecule has 92 valence electrons. The van der Waals surface area contributed by atoms with Gasteiger partial charge in [-0.15, -0.1) is 0 Å². The summed E-state index contributed by atoms with van der Waals surface area (Å²) < 4.78 is 0. The molecule has 0 amide bonds. The van der Waals surface area contributed by atoms with E-state index in [0.717, 1.165) is 12.8 Å². The molecule has 0 aliphatic carbocycles. The highest BCUT2D eigenvalue weighted by Gasteiger charge is 2.24. The second-order valence-corrected chi connectivity index (χ2v) is 7.07. The van der Waals surface area contributed by atoms with Gasteiger partial charge in [-0.3, -0.25) is 5.32 Å². The van der Waals surface area contributed by atoms with E-state index in [-0.39, 0.29) is 0 Å². The van der Waals surface area contributed by atoms with Crippen LogP contribution in [0.1, 0.15) is 61.3 Å². The maximum absolute atomic E-state index is 9.41. The largest absolute Gasteiger partial charge is 0.379 e. The molecule has 0 saturated carbocycles. The second-order valence-electron chi connectivity index (χ2n) is 7.07. The van der Waals surface area contributed by atoms with Gasteiger partial charge in [-0.2, -0.15) is 0 Å². The van der Waals surface area contributed by atoms with Gasteiger partial charge in [0.25, 0.3) is 0 Å². The van der Waals surface area contributed by atoms with E-state index in [1.54, 1.807) is 6.92 Å². The summed E-state index contributed by atoms with van der Waals surface area (Å²) in [4.78, 5) is 0. The first-order valence-corrected chi connectivity index (χ1v) is 5.94. The van der Waals surface area contributed by atoms with Crippen molar-refractivity contribution in [2.45, 2.75) is 73.6 Å². The Labute approximate surface area is 95.5 Å². The molecule has 0 aliphatic rings. The summed E-state index contributed by atoms with van der Waals surface area (Å²) in [6.07, 6.45) is 1.77. The fourth-order valence-corrected chi connectivity index (χ4v) is 2.01. The Morgan fingerprint density at radius 3 is 1.47 bits per heavy atom. The van der Waals surface area contributed by atoms with Gasteiger partial charge in [0.1, 0.15) is 6.23 Å². The van der Waals surface area contributed by atoms with Crippen LogP contribution in [-0.4, -0.2) is 17.4 Å². The molecule has 0 aromatic rings. The van der Waals surface area contributed by atoms with Crippen molar-refractivity contribution in [1.29, 1.82) is 0 Å². The molecular weight excluding hydrogens is 186 g/mol. The van der Waals surface area contributed by atoms with Crippen LogP contribution in [0, 0.1) is 10.8 Å². The summed E-state index contributed by atoms with van der Waals surface area (Å²) in [6.45, 7) is 15.2. The molecule has 2 nitrogen and oxygen atoms in total. The summed E-state index contributed by atoms with van der Waals surface area (Å²) in [7, 11) is 0. The van der Waals surface area contributed by atoms with Crippen molar-refractivity contribution < 1.29 is 5.11 Å². The minimum Gasteiger partial charge on any atom is -0.379 e. The Morgan fingerprint density at radius 1 is 0.933 bits per heavy atom. The highest BCUT2D eigenvalue weighted by atomic mass is 16.3. The molecule has 2 heteroatoms. The Bertz CT molecular complexity index is 158. The van der Waals surface area contributed by atoms with E-state index in [9.17, 15) is 5.11 Å². The molecule has 1 atom stereocenters. The molecule has 0 aromatic carbocycles. The van der Waals surface area contributed by atoms with E-state index < -0.39 is 6.23 Å². The van der Waals surface area contributed by atoms with Crippen molar-refractivity contribution in [3.63, 3.8) is 0 Å². The summed E-state index contributed by atoms with van der Waals surface area (Å²) >= 11 is 0. The number of rotatable bonds is 4. The zero-order valence-electron chi connectivity index (χ0n) is 11.5. The van der Waals surface area contributed by atoms with Crippen molar-refractivity contribution in [3.05, 3.63) is 0 Å². The predicted molar refractivity (Wildman–Crippen MR) is 66.7 cm³/mol. The van der Waals surface area contributed by atoms with Crippen molar-refractivity contribution in [1.82, 2.24) is 5.32 Å². The lowest BCUT2D eigenvalue weighted by Gasteiger charge is -2.32. The monoisotopic (exact) mass is 215 g/mol. The van der Waals surface area contributed by atoms with E-state index in [2.05, 4.69) is 46.9 Å². The van der Waals surface area contributed by atoms with Crippen LogP contribution in [0.25, 0.3) is 0 Å². The van der Waals surface area contributed by atoms with E-state index >= 15 is 0 Å². The Morgan fingerprint density at radius 2 is 1.27 bits per heavy atom. The topological polar surface area (TPSA) is 32.3 Å². The van der Waals surface area contributed by atoms with Gasteiger partial charge < -0.3 is 5.11 Å². The van der Waals surface area contributed by atoms with Crippen molar-refractivity contribution in [2.75, 3.05) is 0 Å². The smallest absolute Gasteiger partial charge is 0.102 e. The average Bonchev–Trinajstić information content (AvgIpc) is 1.73. The Kier molecular flexibility index (Phi) is 5.28. The Hall–Kier alpha value is -0.0800. The fraction of sp³-hybridized carbons (Fsp3) is 1.00. The van der Waals surface area contributed by atoms with Crippen LogP contribution in [0.2, 0.25) is 0 Å². The molecule has 0 radical (unpaired) electrons. The highest BCUT2D eigenvalue weighted by Crippen LogP contribution is 2.28. The van der Waals surface area contributed by atoms with Crippen LogP contribution < -0.4 is 5.32 Å². The molecule has 0 aliphatic heterocycles. The van der Waals surface area contributed by atoms with Crippen molar-refractivity contribution >= 4 is 0 Å². The average molecular weight is 215 g/mol. The van der Waals surface area contributed by atoms with Crippen LogP contribution in [0.5, 0.6) is 0 Å². The van der Waals surface area contributed by atoms with E-state index in [0.29, 0.717) is 16.9 Å². The number of nitrogens with one attached hydrogen (secondary N) is 1. The number of aliphatic hydroxyl groups is 1. The van der Waals surface area contributed by atoms with Gasteiger partial charge >= 0.3 is 0 Å². The highest BCUT2D eigenvalue weighted by molar-refractivity contribution is 4.79. The van der Waals surface area contributed by atoms with Gasteiger partial charge in [0.05, 0.1) is 0 Å². The SMILES string of the molecule is C[C@@H](O)NC(CC(C)(C)C)CC(C)(C)C. The molecule has 0 rings (SSSR count). The quantitative estimate of drug-likeness (QED) is 0.706. The molecule has 0 bridgehead atoms. The minimum absolute atomic E-state index is 0.303. The second kappa shape index (κ2) is 5.31. The fourth-order valence-electron chi connectivity index (χ4n) is 2.01. The lowest BCUT2D eigenvalue weighted by atomic mass is 9.80. The van der Waals surface area contributed by atoms with Crippen molar-refractivity contribution in [2.24, 2.45) is 10.8 Å². The van der Waals surface area contributed by atoms with E-state index in [1.165, 1.54) is 0 Å². The van der Waals surface area contributed by atoms with Crippen LogP contribution in [0.3, 0.4) is 0 Å². The van der Waals surface area contributed by atoms with E-state index in [4.69, 9.17) is 0 Å². The summed E-state index contributed by atoms with van der Waals surface area (Å²) in [5.41, 5.74) is 0.607. The molecule has 0 heterocycles. The van der Waals surface area contributed by atoms with Crippen LogP contribution in [-0.2, 0) is 0 Å². The van der Waals surface area contributed by atoms with Crippen LogP contribution >= 0.6 is 0 Å². The van der Waals surface area contributed by atoms with Gasteiger partial charge in [0.15, 0.2) is 0 Å². The third-order valence-corrected chi connectivity index (χ3v) is 2.19. The standard InChI is InChI=1S/C13H29NO/c1-10(15)14-11(8-12(2,3)4)9-13(5,6)7/h10-11,14-15H,8-9H2,1-7H3/t10-/m1/s1. The normalized spacial score (nSPS) is 15.8. The zero-order chi connectivity index (χ0) is 12.3. The Balaban J connectivity index is 4.32. The summed E-state index contributed by atoms with van der Waals surface area (Å²) in [6, 6.07) is 0.394. The van der Waals surface area contributed by atoms with Gasteiger partial charge in [0, 0.05) is 6.04 Å². The third-order valence-electron chi connectivity index (χ3n) is 2.19. The lowest BCUT2D eigenvalue weighted by molar-refractivity contribution is 0.114. The maximum atomic E-state index is 9.41.